The van der Waals surface area contributed by atoms with Crippen LogP contribution >= 0.6 is 0 Å². The summed E-state index contributed by atoms with van der Waals surface area (Å²) in [5.41, 5.74) is -0.317. The normalized spacial score (nSPS) is 27.9. The van der Waals surface area contributed by atoms with Gasteiger partial charge < -0.3 is 14.6 Å². The van der Waals surface area contributed by atoms with Gasteiger partial charge in [0.15, 0.2) is 0 Å². The molecule has 82 valence electrons. The molecule has 1 rings (SSSR count). The van der Waals surface area contributed by atoms with E-state index in [1.54, 1.807) is 7.11 Å². The fourth-order valence-electron chi connectivity index (χ4n) is 1.70. The van der Waals surface area contributed by atoms with Crippen LogP contribution in [0.4, 0.5) is 0 Å². The molecular weight excluding hydrogens is 184 g/mol. The van der Waals surface area contributed by atoms with Crippen molar-refractivity contribution < 1.29 is 19.4 Å². The third-order valence-corrected chi connectivity index (χ3v) is 2.77. The lowest BCUT2D eigenvalue weighted by Gasteiger charge is -2.27. The molecule has 4 heteroatoms. The van der Waals surface area contributed by atoms with Gasteiger partial charge in [0.2, 0.25) is 0 Å². The fourth-order valence-corrected chi connectivity index (χ4v) is 1.70. The van der Waals surface area contributed by atoms with Crippen molar-refractivity contribution in [2.24, 2.45) is 5.92 Å². The van der Waals surface area contributed by atoms with Gasteiger partial charge in [0.25, 0.3) is 0 Å². The average Bonchev–Trinajstić information content (AvgIpc) is 2.51. The molecule has 2 atom stereocenters. The fraction of sp³-hybridized carbons (Fsp3) is 0.900. The summed E-state index contributed by atoms with van der Waals surface area (Å²) in [6.45, 7) is 4.42. The summed E-state index contributed by atoms with van der Waals surface area (Å²) in [7, 11) is 1.63. The van der Waals surface area contributed by atoms with Crippen LogP contribution in [0, 0.1) is 5.92 Å². The minimum absolute atomic E-state index is 0.206. The van der Waals surface area contributed by atoms with Gasteiger partial charge >= 0.3 is 5.97 Å². The highest BCUT2D eigenvalue weighted by Crippen LogP contribution is 2.29. The first-order chi connectivity index (χ1) is 6.46. The minimum atomic E-state index is -0.764. The van der Waals surface area contributed by atoms with Crippen molar-refractivity contribution in [3.05, 3.63) is 0 Å². The number of ether oxygens (including phenoxy) is 2. The van der Waals surface area contributed by atoms with Crippen molar-refractivity contribution in [3.8, 4) is 0 Å². The Labute approximate surface area is 84.2 Å². The van der Waals surface area contributed by atoms with Gasteiger partial charge in [-0.25, -0.2) is 0 Å². The Morgan fingerprint density at radius 1 is 1.64 bits per heavy atom. The van der Waals surface area contributed by atoms with E-state index in [2.05, 4.69) is 0 Å². The summed E-state index contributed by atoms with van der Waals surface area (Å²) < 4.78 is 10.7. The molecule has 1 saturated heterocycles. The molecule has 1 fully saturated rings. The zero-order chi connectivity index (χ0) is 10.8. The van der Waals surface area contributed by atoms with E-state index >= 15 is 0 Å². The van der Waals surface area contributed by atoms with Crippen LogP contribution in [0.3, 0.4) is 0 Å². The molecule has 1 N–H and O–H groups in total. The molecule has 0 aliphatic carbocycles. The average molecular weight is 202 g/mol. The number of aliphatic carboxylic acids is 1. The molecule has 0 amide bonds. The van der Waals surface area contributed by atoms with Crippen LogP contribution in [0.1, 0.15) is 26.7 Å². The second-order valence-electron chi connectivity index (χ2n) is 4.31. The summed E-state index contributed by atoms with van der Waals surface area (Å²) in [5, 5.41) is 8.93. The Morgan fingerprint density at radius 2 is 2.29 bits per heavy atom. The molecule has 1 aliphatic rings. The lowest BCUT2D eigenvalue weighted by Crippen LogP contribution is -2.34. The molecule has 0 spiro atoms. The monoisotopic (exact) mass is 202 g/mol. The number of hydrogen-bond donors (Lipinski definition) is 1. The Balaban J connectivity index is 2.55. The van der Waals surface area contributed by atoms with Gasteiger partial charge in [-0.15, -0.1) is 0 Å². The Morgan fingerprint density at radius 3 is 2.79 bits per heavy atom. The number of carbonyl (C=O) groups is 1. The van der Waals surface area contributed by atoms with Gasteiger partial charge in [-0.05, 0) is 20.3 Å². The van der Waals surface area contributed by atoms with Crippen molar-refractivity contribution in [2.75, 3.05) is 13.7 Å². The zero-order valence-electron chi connectivity index (χ0n) is 8.95. The quantitative estimate of drug-likeness (QED) is 0.746. The molecule has 1 heterocycles. The lowest BCUT2D eigenvalue weighted by atomic mass is 9.92. The van der Waals surface area contributed by atoms with Crippen LogP contribution in [0.5, 0.6) is 0 Å². The molecule has 2 unspecified atom stereocenters. The number of carboxylic acid groups (broad SMARTS) is 1. The minimum Gasteiger partial charge on any atom is -0.481 e. The predicted octanol–water partition coefficient (Wildman–Crippen LogP) is 1.29. The van der Waals surface area contributed by atoms with Crippen molar-refractivity contribution in [1.82, 2.24) is 0 Å². The maximum Gasteiger partial charge on any atom is 0.309 e. The largest absolute Gasteiger partial charge is 0.481 e. The maximum absolute atomic E-state index is 10.9. The third kappa shape index (κ3) is 2.69. The SMILES string of the molecule is COC(C)(C)CC1OCCC1C(=O)O. The van der Waals surface area contributed by atoms with Gasteiger partial charge in [-0.3, -0.25) is 4.79 Å². The molecule has 0 aromatic heterocycles. The molecule has 0 radical (unpaired) electrons. The highest BCUT2D eigenvalue weighted by atomic mass is 16.5. The Hall–Kier alpha value is -0.610. The van der Waals surface area contributed by atoms with E-state index in [0.29, 0.717) is 19.4 Å². The van der Waals surface area contributed by atoms with Crippen LogP contribution in [-0.2, 0) is 14.3 Å². The summed E-state index contributed by atoms with van der Waals surface area (Å²) in [6, 6.07) is 0. The summed E-state index contributed by atoms with van der Waals surface area (Å²) >= 11 is 0. The molecule has 0 aromatic rings. The topological polar surface area (TPSA) is 55.8 Å². The van der Waals surface area contributed by atoms with E-state index in [0.717, 1.165) is 0 Å². The van der Waals surface area contributed by atoms with Crippen molar-refractivity contribution >= 4 is 5.97 Å². The van der Waals surface area contributed by atoms with Gasteiger partial charge in [-0.1, -0.05) is 0 Å². The van der Waals surface area contributed by atoms with Crippen LogP contribution in [0.15, 0.2) is 0 Å². The van der Waals surface area contributed by atoms with Crippen LogP contribution in [0.2, 0.25) is 0 Å². The van der Waals surface area contributed by atoms with Gasteiger partial charge in [-0.2, -0.15) is 0 Å². The zero-order valence-corrected chi connectivity index (χ0v) is 8.95. The first kappa shape index (κ1) is 11.5. The van der Waals surface area contributed by atoms with E-state index in [1.165, 1.54) is 0 Å². The first-order valence-corrected chi connectivity index (χ1v) is 4.86. The molecule has 0 aromatic carbocycles. The third-order valence-electron chi connectivity index (χ3n) is 2.77. The van der Waals surface area contributed by atoms with Crippen LogP contribution in [-0.4, -0.2) is 36.5 Å². The first-order valence-electron chi connectivity index (χ1n) is 4.86. The Kier molecular flexibility index (Phi) is 3.50. The van der Waals surface area contributed by atoms with E-state index < -0.39 is 5.97 Å². The highest BCUT2D eigenvalue weighted by Gasteiger charge is 2.37. The molecule has 4 nitrogen and oxygen atoms in total. The number of methoxy groups -OCH3 is 1. The summed E-state index contributed by atoms with van der Waals surface area (Å²) in [6.07, 6.45) is 1.03. The van der Waals surface area contributed by atoms with E-state index in [1.807, 2.05) is 13.8 Å². The Bertz CT molecular complexity index is 212. The molecule has 0 saturated carbocycles. The standard InChI is InChI=1S/C10H18O4/c1-10(2,13-3)6-8-7(9(11)12)4-5-14-8/h7-8H,4-6H2,1-3H3,(H,11,12). The number of rotatable bonds is 4. The van der Waals surface area contributed by atoms with Gasteiger partial charge in [0.1, 0.15) is 0 Å². The highest BCUT2D eigenvalue weighted by molar-refractivity contribution is 5.71. The van der Waals surface area contributed by atoms with Gasteiger partial charge in [0.05, 0.1) is 17.6 Å². The maximum atomic E-state index is 10.9. The second-order valence-corrected chi connectivity index (χ2v) is 4.31. The second kappa shape index (κ2) is 4.28. The molecule has 1 aliphatic heterocycles. The van der Waals surface area contributed by atoms with E-state index in [-0.39, 0.29) is 17.6 Å². The number of carboxylic acids is 1. The molecule has 14 heavy (non-hydrogen) atoms. The summed E-state index contributed by atoms with van der Waals surface area (Å²) in [5.74, 6) is -1.14. The van der Waals surface area contributed by atoms with E-state index in [4.69, 9.17) is 14.6 Å². The smallest absolute Gasteiger partial charge is 0.309 e. The van der Waals surface area contributed by atoms with E-state index in [9.17, 15) is 4.79 Å². The molecular formula is C10H18O4. The van der Waals surface area contributed by atoms with Crippen LogP contribution < -0.4 is 0 Å². The number of hydrogen-bond acceptors (Lipinski definition) is 3. The lowest BCUT2D eigenvalue weighted by molar-refractivity contribution is -0.144. The predicted molar refractivity (Wildman–Crippen MR) is 51.2 cm³/mol. The molecule has 0 bridgehead atoms. The van der Waals surface area contributed by atoms with Gasteiger partial charge in [0, 0.05) is 20.1 Å². The van der Waals surface area contributed by atoms with Crippen molar-refractivity contribution in [1.29, 1.82) is 0 Å². The van der Waals surface area contributed by atoms with Crippen molar-refractivity contribution in [3.63, 3.8) is 0 Å². The van der Waals surface area contributed by atoms with Crippen molar-refractivity contribution in [2.45, 2.75) is 38.4 Å². The van der Waals surface area contributed by atoms with Crippen LogP contribution in [0.25, 0.3) is 0 Å². The summed E-state index contributed by atoms with van der Waals surface area (Å²) in [4.78, 5) is 10.9.